The molecule has 36 heavy (non-hydrogen) atoms. The Morgan fingerprint density at radius 1 is 0.972 bits per heavy atom. The zero-order valence-electron chi connectivity index (χ0n) is 20.6. The fourth-order valence-corrected chi connectivity index (χ4v) is 4.94. The molecule has 0 N–H and O–H groups in total. The Kier molecular flexibility index (Phi) is 6.59. The van der Waals surface area contributed by atoms with E-state index in [0.29, 0.717) is 39.6 Å². The molecule has 5 rings (SSSR count). The van der Waals surface area contributed by atoms with Crippen molar-refractivity contribution in [3.8, 4) is 5.75 Å². The Morgan fingerprint density at radius 2 is 1.75 bits per heavy atom. The van der Waals surface area contributed by atoms with Crippen LogP contribution in [-0.4, -0.2) is 12.5 Å². The first kappa shape index (κ1) is 24.1. The minimum atomic E-state index is -0.674. The van der Waals surface area contributed by atoms with Crippen molar-refractivity contribution in [3.63, 3.8) is 0 Å². The van der Waals surface area contributed by atoms with E-state index in [1.807, 2.05) is 56.3 Å². The molecule has 0 fully saturated rings. The molecule has 2 heterocycles. The number of fused-ring (bicyclic) bond motifs is 2. The summed E-state index contributed by atoms with van der Waals surface area (Å²) in [4.78, 5) is 29.3. The summed E-state index contributed by atoms with van der Waals surface area (Å²) in [7, 11) is 0. The minimum Gasteiger partial charge on any atom is -0.494 e. The van der Waals surface area contributed by atoms with E-state index in [1.54, 1.807) is 23.1 Å². The van der Waals surface area contributed by atoms with Crippen molar-refractivity contribution in [1.29, 1.82) is 0 Å². The average molecular weight is 502 g/mol. The van der Waals surface area contributed by atoms with Gasteiger partial charge in [-0.25, -0.2) is 0 Å². The Morgan fingerprint density at radius 3 is 2.53 bits per heavy atom. The zero-order valence-corrected chi connectivity index (χ0v) is 21.4. The molecule has 1 amide bonds. The fraction of sp³-hybridized carbons (Fsp3) is 0.267. The van der Waals surface area contributed by atoms with Crippen LogP contribution in [0.15, 0.2) is 69.9 Å². The van der Waals surface area contributed by atoms with E-state index < -0.39 is 6.04 Å². The summed E-state index contributed by atoms with van der Waals surface area (Å²) in [5.74, 6) is 0.394. The van der Waals surface area contributed by atoms with Crippen LogP contribution >= 0.6 is 11.6 Å². The summed E-state index contributed by atoms with van der Waals surface area (Å²) in [5.41, 5.74) is 3.89. The number of hydrogen-bond donors (Lipinski definition) is 0. The van der Waals surface area contributed by atoms with Crippen molar-refractivity contribution < 1.29 is 13.9 Å². The van der Waals surface area contributed by atoms with Gasteiger partial charge in [0.25, 0.3) is 5.91 Å². The molecular weight excluding hydrogens is 474 g/mol. The van der Waals surface area contributed by atoms with E-state index >= 15 is 0 Å². The minimum absolute atomic E-state index is 0.0648. The van der Waals surface area contributed by atoms with Gasteiger partial charge in [0.2, 0.25) is 5.76 Å². The Hall–Kier alpha value is -3.57. The number of amides is 1. The predicted octanol–water partition coefficient (Wildman–Crippen LogP) is 7.38. The van der Waals surface area contributed by atoms with Crippen molar-refractivity contribution in [2.75, 3.05) is 11.5 Å². The molecule has 0 aliphatic carbocycles. The van der Waals surface area contributed by atoms with Gasteiger partial charge < -0.3 is 9.15 Å². The summed E-state index contributed by atoms with van der Waals surface area (Å²) < 4.78 is 12.1. The van der Waals surface area contributed by atoms with E-state index in [4.69, 9.17) is 20.8 Å². The molecule has 0 saturated heterocycles. The highest BCUT2D eigenvalue weighted by atomic mass is 35.5. The average Bonchev–Trinajstić information content (AvgIpc) is 3.16. The van der Waals surface area contributed by atoms with E-state index in [0.717, 1.165) is 36.0 Å². The van der Waals surface area contributed by atoms with E-state index in [9.17, 15) is 9.59 Å². The second-order valence-electron chi connectivity index (χ2n) is 9.29. The van der Waals surface area contributed by atoms with Crippen LogP contribution in [0.3, 0.4) is 0 Å². The highest BCUT2D eigenvalue weighted by Gasteiger charge is 2.43. The molecule has 4 aromatic rings. The van der Waals surface area contributed by atoms with Gasteiger partial charge in [-0.2, -0.15) is 0 Å². The summed E-state index contributed by atoms with van der Waals surface area (Å²) in [6.07, 6.45) is 3.18. The lowest BCUT2D eigenvalue weighted by atomic mass is 9.97. The number of unbranched alkanes of at least 4 members (excludes halogenated alkanes) is 2. The molecule has 5 nitrogen and oxygen atoms in total. The fourth-order valence-electron chi connectivity index (χ4n) is 4.75. The van der Waals surface area contributed by atoms with Gasteiger partial charge in [0.05, 0.1) is 23.6 Å². The van der Waals surface area contributed by atoms with Crippen LogP contribution in [0.5, 0.6) is 5.75 Å². The topological polar surface area (TPSA) is 59.8 Å². The van der Waals surface area contributed by atoms with Gasteiger partial charge >= 0.3 is 0 Å². The third kappa shape index (κ3) is 4.28. The molecular formula is C30H28ClNO4. The van der Waals surface area contributed by atoms with Gasteiger partial charge in [-0.3, -0.25) is 14.5 Å². The largest absolute Gasteiger partial charge is 0.494 e. The SMILES string of the molecule is CCCCCOc1cccc(C2c3c(oc4cc(C)c(C)cc4c3=O)C(=O)N2c2cccc(Cl)c2)c1. The van der Waals surface area contributed by atoms with Crippen molar-refractivity contribution in [2.45, 2.75) is 46.1 Å². The molecule has 0 radical (unpaired) electrons. The van der Waals surface area contributed by atoms with E-state index in [-0.39, 0.29) is 17.1 Å². The molecule has 0 spiro atoms. The van der Waals surface area contributed by atoms with Gasteiger partial charge in [-0.15, -0.1) is 0 Å². The molecule has 184 valence electrons. The standard InChI is InChI=1S/C30H28ClNO4/c1-4-5-6-13-35-23-12-7-9-20(16-23)27-26-28(33)24-14-18(2)19(3)15-25(24)36-29(26)30(34)32(27)22-11-8-10-21(31)17-22/h7-12,14-17,27H,4-6,13H2,1-3H3. The van der Waals surface area contributed by atoms with E-state index in [1.165, 1.54) is 0 Å². The van der Waals surface area contributed by atoms with Gasteiger partial charge in [0, 0.05) is 10.7 Å². The number of carbonyl (C=O) groups excluding carboxylic acids is 1. The first-order valence-corrected chi connectivity index (χ1v) is 12.7. The third-order valence-corrected chi connectivity index (χ3v) is 7.00. The number of halogens is 1. The first-order valence-electron chi connectivity index (χ1n) is 12.3. The maximum absolute atomic E-state index is 13.9. The quantitative estimate of drug-likeness (QED) is 0.248. The number of nitrogens with zero attached hydrogens (tertiary/aromatic N) is 1. The van der Waals surface area contributed by atoms with Crippen LogP contribution in [0.1, 0.15) is 65.0 Å². The lowest BCUT2D eigenvalue weighted by molar-refractivity contribution is 0.0971. The van der Waals surface area contributed by atoms with Crippen molar-refractivity contribution in [2.24, 2.45) is 0 Å². The summed E-state index contributed by atoms with van der Waals surface area (Å²) in [5, 5.41) is 0.966. The van der Waals surface area contributed by atoms with Crippen molar-refractivity contribution >= 4 is 34.2 Å². The maximum atomic E-state index is 13.9. The number of anilines is 1. The van der Waals surface area contributed by atoms with Crippen LogP contribution in [0, 0.1) is 13.8 Å². The highest BCUT2D eigenvalue weighted by Crippen LogP contribution is 2.42. The summed E-state index contributed by atoms with van der Waals surface area (Å²) in [6.45, 7) is 6.68. The van der Waals surface area contributed by atoms with Gasteiger partial charge in [-0.05, 0) is 79.4 Å². The molecule has 3 aromatic carbocycles. The van der Waals surface area contributed by atoms with Crippen LogP contribution in [0.25, 0.3) is 11.0 Å². The number of carbonyl (C=O) groups is 1. The molecule has 6 heteroatoms. The predicted molar refractivity (Wildman–Crippen MR) is 144 cm³/mol. The van der Waals surface area contributed by atoms with Crippen LogP contribution < -0.4 is 15.1 Å². The molecule has 1 aromatic heterocycles. The smallest absolute Gasteiger partial charge is 0.295 e. The molecule has 0 bridgehead atoms. The van der Waals surface area contributed by atoms with Gasteiger partial charge in [0.1, 0.15) is 11.3 Å². The molecule has 1 aliphatic rings. The second-order valence-corrected chi connectivity index (χ2v) is 9.73. The zero-order chi connectivity index (χ0) is 25.4. The first-order chi connectivity index (χ1) is 17.4. The number of rotatable bonds is 7. The van der Waals surface area contributed by atoms with Gasteiger partial charge in [-0.1, -0.05) is 49.6 Å². The number of hydrogen-bond acceptors (Lipinski definition) is 4. The van der Waals surface area contributed by atoms with E-state index in [2.05, 4.69) is 6.92 Å². The third-order valence-electron chi connectivity index (χ3n) is 6.76. The lowest BCUT2D eigenvalue weighted by Gasteiger charge is -2.25. The van der Waals surface area contributed by atoms with Gasteiger partial charge in [0.15, 0.2) is 5.43 Å². The molecule has 1 unspecified atom stereocenters. The second kappa shape index (κ2) is 9.82. The number of aryl methyl sites for hydroxylation is 2. The van der Waals surface area contributed by atoms with Crippen LogP contribution in [-0.2, 0) is 0 Å². The Balaban J connectivity index is 1.69. The molecule has 0 saturated carbocycles. The number of ether oxygens (including phenoxy) is 1. The Labute approximate surface area is 215 Å². The normalized spacial score (nSPS) is 14.9. The summed E-state index contributed by atoms with van der Waals surface area (Å²) >= 11 is 6.29. The monoisotopic (exact) mass is 501 g/mol. The summed E-state index contributed by atoms with van der Waals surface area (Å²) in [6, 6.07) is 17.7. The van der Waals surface area contributed by atoms with Crippen LogP contribution in [0.4, 0.5) is 5.69 Å². The highest BCUT2D eigenvalue weighted by molar-refractivity contribution is 6.31. The maximum Gasteiger partial charge on any atom is 0.295 e. The molecule has 1 aliphatic heterocycles. The lowest BCUT2D eigenvalue weighted by Crippen LogP contribution is -2.29. The van der Waals surface area contributed by atoms with Crippen molar-refractivity contribution in [3.05, 3.63) is 104 Å². The number of benzene rings is 3. The Bertz CT molecular complexity index is 1520. The molecule has 1 atom stereocenters. The van der Waals surface area contributed by atoms with Crippen LogP contribution in [0.2, 0.25) is 5.02 Å². The van der Waals surface area contributed by atoms with Crippen molar-refractivity contribution in [1.82, 2.24) is 0 Å².